The summed E-state index contributed by atoms with van der Waals surface area (Å²) >= 11 is 0. The summed E-state index contributed by atoms with van der Waals surface area (Å²) in [5.41, 5.74) is 8.51. The predicted octanol–water partition coefficient (Wildman–Crippen LogP) is 1.93. The van der Waals surface area contributed by atoms with Crippen LogP contribution in [0.25, 0.3) is 0 Å². The number of fused-ring (bicyclic) bond motifs is 1. The lowest BCUT2D eigenvalue weighted by molar-refractivity contribution is -0.124. The normalized spacial score (nSPS) is 15.7. The Hall–Kier alpha value is -1.55. The van der Waals surface area contributed by atoms with Crippen molar-refractivity contribution < 1.29 is 4.79 Å². The molecule has 0 radical (unpaired) electrons. The third-order valence-electron chi connectivity index (χ3n) is 4.10. The van der Waals surface area contributed by atoms with Crippen LogP contribution in [0, 0.1) is 5.41 Å². The van der Waals surface area contributed by atoms with E-state index in [-0.39, 0.29) is 11.3 Å². The van der Waals surface area contributed by atoms with Crippen molar-refractivity contribution >= 4 is 11.6 Å². The van der Waals surface area contributed by atoms with Gasteiger partial charge in [-0.3, -0.25) is 4.79 Å². The molecule has 116 valence electrons. The van der Waals surface area contributed by atoms with Crippen LogP contribution >= 0.6 is 0 Å². The molecule has 0 spiro atoms. The van der Waals surface area contributed by atoms with Gasteiger partial charge in [0.05, 0.1) is 6.04 Å². The van der Waals surface area contributed by atoms with E-state index in [0.29, 0.717) is 6.54 Å². The van der Waals surface area contributed by atoms with Crippen LogP contribution in [0.2, 0.25) is 0 Å². The van der Waals surface area contributed by atoms with E-state index in [1.165, 1.54) is 11.3 Å². The van der Waals surface area contributed by atoms with Crippen molar-refractivity contribution in [2.45, 2.75) is 39.7 Å². The Kier molecular flexibility index (Phi) is 4.88. The van der Waals surface area contributed by atoms with E-state index in [9.17, 15) is 4.79 Å². The molecule has 0 saturated carbocycles. The lowest BCUT2D eigenvalue weighted by Gasteiger charge is -2.26. The summed E-state index contributed by atoms with van der Waals surface area (Å²) in [6, 6.07) is 8.10. The molecule has 1 atom stereocenters. The number of nitrogens with two attached hydrogens (primary N) is 1. The molecule has 1 unspecified atom stereocenters. The van der Waals surface area contributed by atoms with Crippen molar-refractivity contribution in [2.24, 2.45) is 11.1 Å². The lowest BCUT2D eigenvalue weighted by atomic mass is 9.87. The van der Waals surface area contributed by atoms with Gasteiger partial charge in [-0.1, -0.05) is 39.0 Å². The fourth-order valence-corrected chi connectivity index (χ4v) is 2.62. The van der Waals surface area contributed by atoms with Gasteiger partial charge in [-0.25, -0.2) is 0 Å². The minimum absolute atomic E-state index is 0.0516. The zero-order valence-electron chi connectivity index (χ0n) is 13.4. The van der Waals surface area contributed by atoms with E-state index in [1.807, 2.05) is 20.8 Å². The van der Waals surface area contributed by atoms with Crippen LogP contribution in [-0.2, 0) is 11.2 Å². The highest BCUT2D eigenvalue weighted by Crippen LogP contribution is 2.27. The van der Waals surface area contributed by atoms with Crippen LogP contribution < -0.4 is 16.0 Å². The molecule has 21 heavy (non-hydrogen) atoms. The van der Waals surface area contributed by atoms with Gasteiger partial charge in [0.1, 0.15) is 0 Å². The van der Waals surface area contributed by atoms with E-state index in [1.54, 1.807) is 0 Å². The van der Waals surface area contributed by atoms with Crippen molar-refractivity contribution in [2.75, 3.05) is 24.5 Å². The first-order chi connectivity index (χ1) is 9.89. The van der Waals surface area contributed by atoms with E-state index < -0.39 is 6.04 Å². The second-order valence-electron chi connectivity index (χ2n) is 6.85. The third-order valence-corrected chi connectivity index (χ3v) is 4.10. The average molecular weight is 289 g/mol. The van der Waals surface area contributed by atoms with Gasteiger partial charge < -0.3 is 16.0 Å². The van der Waals surface area contributed by atoms with Crippen LogP contribution in [0.5, 0.6) is 0 Å². The third kappa shape index (κ3) is 3.97. The zero-order valence-corrected chi connectivity index (χ0v) is 13.4. The van der Waals surface area contributed by atoms with Gasteiger partial charge in [-0.2, -0.15) is 0 Å². The molecule has 1 aromatic carbocycles. The number of carbonyl (C=O) groups excluding carboxylic acids is 1. The van der Waals surface area contributed by atoms with E-state index in [4.69, 9.17) is 5.73 Å². The quantitative estimate of drug-likeness (QED) is 0.814. The van der Waals surface area contributed by atoms with Crippen molar-refractivity contribution in [3.8, 4) is 0 Å². The van der Waals surface area contributed by atoms with E-state index in [0.717, 1.165) is 25.9 Å². The number of rotatable bonds is 5. The maximum absolute atomic E-state index is 11.9. The summed E-state index contributed by atoms with van der Waals surface area (Å²) in [7, 11) is 0. The summed E-state index contributed by atoms with van der Waals surface area (Å²) < 4.78 is 0. The molecule has 1 aromatic rings. The van der Waals surface area contributed by atoms with Crippen molar-refractivity contribution in [3.63, 3.8) is 0 Å². The Morgan fingerprint density at radius 2 is 2.10 bits per heavy atom. The van der Waals surface area contributed by atoms with Crippen molar-refractivity contribution in [3.05, 3.63) is 29.8 Å². The molecule has 1 heterocycles. The van der Waals surface area contributed by atoms with Gasteiger partial charge >= 0.3 is 0 Å². The highest BCUT2D eigenvalue weighted by Gasteiger charge is 2.27. The van der Waals surface area contributed by atoms with Gasteiger partial charge in [0.25, 0.3) is 0 Å². The number of para-hydroxylation sites is 1. The summed E-state index contributed by atoms with van der Waals surface area (Å²) in [6.45, 7) is 8.69. The first-order valence-corrected chi connectivity index (χ1v) is 7.76. The van der Waals surface area contributed by atoms with Crippen LogP contribution in [0.15, 0.2) is 24.3 Å². The lowest BCUT2D eigenvalue weighted by Crippen LogP contribution is -2.49. The van der Waals surface area contributed by atoms with Crippen LogP contribution in [0.4, 0.5) is 5.69 Å². The van der Waals surface area contributed by atoms with Crippen LogP contribution in [-0.4, -0.2) is 31.6 Å². The molecule has 0 saturated heterocycles. The molecule has 1 aliphatic rings. The molecule has 2 rings (SSSR count). The molecule has 1 amide bonds. The highest BCUT2D eigenvalue weighted by atomic mass is 16.2. The number of carbonyl (C=O) groups is 1. The number of hydrogen-bond donors (Lipinski definition) is 2. The molecule has 1 aliphatic heterocycles. The van der Waals surface area contributed by atoms with Crippen molar-refractivity contribution in [1.29, 1.82) is 0 Å². The molecule has 3 N–H and O–H groups in total. The molecule has 4 heteroatoms. The van der Waals surface area contributed by atoms with Gasteiger partial charge in [0.2, 0.25) is 5.91 Å². The molecular formula is C17H27N3O. The SMILES string of the molecule is CC(C)(C)C(N)C(=O)NCCCN1CCc2ccccc21. The molecular weight excluding hydrogens is 262 g/mol. The Morgan fingerprint density at radius 1 is 1.38 bits per heavy atom. The van der Waals surface area contributed by atoms with Gasteiger partial charge in [0, 0.05) is 25.3 Å². The number of benzene rings is 1. The molecule has 0 fully saturated rings. The maximum Gasteiger partial charge on any atom is 0.237 e. The Bertz CT molecular complexity index is 493. The minimum Gasteiger partial charge on any atom is -0.371 e. The summed E-state index contributed by atoms with van der Waals surface area (Å²) in [6.07, 6.45) is 2.06. The number of nitrogens with zero attached hydrogens (tertiary/aromatic N) is 1. The average Bonchev–Trinajstić information content (AvgIpc) is 2.85. The molecule has 0 aromatic heterocycles. The molecule has 4 nitrogen and oxygen atoms in total. The number of nitrogens with one attached hydrogen (secondary N) is 1. The molecule has 0 aliphatic carbocycles. The fraction of sp³-hybridized carbons (Fsp3) is 0.588. The standard InChI is InChI=1S/C17H27N3O/c1-17(2,3)15(18)16(21)19-10-6-11-20-12-9-13-7-4-5-8-14(13)20/h4-5,7-8,15H,6,9-12,18H2,1-3H3,(H,19,21). The monoisotopic (exact) mass is 289 g/mol. The van der Waals surface area contributed by atoms with Gasteiger partial charge in [-0.05, 0) is 29.9 Å². The van der Waals surface area contributed by atoms with E-state index >= 15 is 0 Å². The Morgan fingerprint density at radius 3 is 2.81 bits per heavy atom. The van der Waals surface area contributed by atoms with Crippen LogP contribution in [0.1, 0.15) is 32.8 Å². The smallest absolute Gasteiger partial charge is 0.237 e. The second-order valence-corrected chi connectivity index (χ2v) is 6.85. The predicted molar refractivity (Wildman–Crippen MR) is 87.4 cm³/mol. The summed E-state index contributed by atoms with van der Waals surface area (Å²) in [5, 5.41) is 2.95. The maximum atomic E-state index is 11.9. The highest BCUT2D eigenvalue weighted by molar-refractivity contribution is 5.82. The Balaban J connectivity index is 1.73. The number of amides is 1. The van der Waals surface area contributed by atoms with Gasteiger partial charge in [0.15, 0.2) is 0 Å². The first kappa shape index (κ1) is 15.8. The number of hydrogen-bond acceptors (Lipinski definition) is 3. The number of anilines is 1. The fourth-order valence-electron chi connectivity index (χ4n) is 2.62. The zero-order chi connectivity index (χ0) is 15.5. The Labute approximate surface area is 127 Å². The van der Waals surface area contributed by atoms with E-state index in [2.05, 4.69) is 34.5 Å². The molecule has 0 bridgehead atoms. The van der Waals surface area contributed by atoms with Crippen molar-refractivity contribution in [1.82, 2.24) is 5.32 Å². The first-order valence-electron chi connectivity index (χ1n) is 7.76. The second kappa shape index (κ2) is 6.48. The van der Waals surface area contributed by atoms with Gasteiger partial charge in [-0.15, -0.1) is 0 Å². The minimum atomic E-state index is -0.454. The topological polar surface area (TPSA) is 58.4 Å². The summed E-state index contributed by atoms with van der Waals surface area (Å²) in [4.78, 5) is 14.3. The van der Waals surface area contributed by atoms with Crippen LogP contribution in [0.3, 0.4) is 0 Å². The largest absolute Gasteiger partial charge is 0.371 e. The summed E-state index contributed by atoms with van der Waals surface area (Å²) in [5.74, 6) is -0.0516.